The Morgan fingerprint density at radius 3 is 2.32 bits per heavy atom. The molecule has 1 amide bonds. The van der Waals surface area contributed by atoms with E-state index in [-0.39, 0.29) is 29.9 Å². The molecular weight excluding hydrogens is 474 g/mol. The van der Waals surface area contributed by atoms with E-state index in [2.05, 4.69) is 64.1 Å². The molecule has 0 aromatic heterocycles. The monoisotopic (exact) mass is 513 g/mol. The second-order valence-electron chi connectivity index (χ2n) is 11.7. The van der Waals surface area contributed by atoms with Crippen molar-refractivity contribution in [1.29, 1.82) is 0 Å². The van der Waals surface area contributed by atoms with Gasteiger partial charge in [-0.15, -0.1) is 0 Å². The number of aliphatic carboxylic acids is 1. The molecule has 3 aromatic rings. The van der Waals surface area contributed by atoms with E-state index in [9.17, 15) is 14.7 Å². The molecule has 0 bridgehead atoms. The molecule has 1 aliphatic rings. The molecule has 5 heteroatoms. The number of nitrogens with zero attached hydrogens (tertiary/aromatic N) is 1. The summed E-state index contributed by atoms with van der Waals surface area (Å²) in [5.74, 6) is -0.218. The minimum atomic E-state index is -0.903. The molecule has 4 rings (SSSR count). The van der Waals surface area contributed by atoms with Gasteiger partial charge in [0.05, 0.1) is 6.42 Å². The summed E-state index contributed by atoms with van der Waals surface area (Å²) in [6.45, 7) is 9.46. The number of ether oxygens (including phenoxy) is 1. The van der Waals surface area contributed by atoms with Gasteiger partial charge in [-0.2, -0.15) is 0 Å². The molecule has 0 fully saturated rings. The predicted octanol–water partition coefficient (Wildman–Crippen LogP) is 6.47. The number of carboxylic acid groups (broad SMARTS) is 1. The van der Waals surface area contributed by atoms with E-state index in [1.807, 2.05) is 30.3 Å². The first-order valence-electron chi connectivity index (χ1n) is 13.5. The average Bonchev–Trinajstić information content (AvgIpc) is 3.20. The highest BCUT2D eigenvalue weighted by Crippen LogP contribution is 2.38. The number of benzene rings is 3. The molecule has 38 heavy (non-hydrogen) atoms. The molecule has 0 radical (unpaired) electrons. The zero-order valence-electron chi connectivity index (χ0n) is 23.0. The number of aryl methyl sites for hydroxylation is 1. The van der Waals surface area contributed by atoms with Crippen LogP contribution < -0.4 is 4.74 Å². The lowest BCUT2D eigenvalue weighted by Crippen LogP contribution is -2.34. The molecular formula is C33H39NO4. The van der Waals surface area contributed by atoms with Crippen molar-refractivity contribution in [2.24, 2.45) is 0 Å². The first-order chi connectivity index (χ1) is 18.0. The number of carbonyl (C=O) groups is 2. The summed E-state index contributed by atoms with van der Waals surface area (Å²) in [5, 5.41) is 9.22. The van der Waals surface area contributed by atoms with Crippen molar-refractivity contribution in [3.8, 4) is 5.75 Å². The van der Waals surface area contributed by atoms with Gasteiger partial charge in [-0.3, -0.25) is 9.59 Å². The lowest BCUT2D eigenvalue weighted by atomic mass is 9.85. The lowest BCUT2D eigenvalue weighted by Gasteiger charge is -2.25. The number of rotatable bonds is 10. The number of hydrogen-bond donors (Lipinski definition) is 1. The summed E-state index contributed by atoms with van der Waals surface area (Å²) in [6, 6.07) is 24.5. The first-order valence-corrected chi connectivity index (χ1v) is 13.5. The molecule has 1 N–H and O–H groups in total. The highest BCUT2D eigenvalue weighted by molar-refractivity contribution is 5.95. The van der Waals surface area contributed by atoms with Gasteiger partial charge in [0, 0.05) is 31.5 Å². The Hall–Kier alpha value is -3.60. The largest absolute Gasteiger partial charge is 0.487 e. The average molecular weight is 514 g/mol. The third kappa shape index (κ3) is 7.03. The van der Waals surface area contributed by atoms with Crippen LogP contribution in [0.2, 0.25) is 0 Å². The van der Waals surface area contributed by atoms with Crippen LogP contribution >= 0.6 is 0 Å². The van der Waals surface area contributed by atoms with Crippen LogP contribution in [0.4, 0.5) is 0 Å². The van der Waals surface area contributed by atoms with Crippen molar-refractivity contribution in [2.75, 3.05) is 13.1 Å². The van der Waals surface area contributed by atoms with E-state index in [4.69, 9.17) is 4.74 Å². The van der Waals surface area contributed by atoms with Crippen molar-refractivity contribution >= 4 is 11.9 Å². The second kappa shape index (κ2) is 11.4. The summed E-state index contributed by atoms with van der Waals surface area (Å²) >= 11 is 0. The van der Waals surface area contributed by atoms with Gasteiger partial charge in [0.1, 0.15) is 11.4 Å². The standard InChI is InChI=1S/C33H39NO4/c1-32(2,3)28-15-12-25(13-16-28)22-33(4)23-27-21-26(14-17-29(27)38-33)31(37)34(20-18-30(35)36)19-8-11-24-9-6-5-7-10-24/h5-7,9-10,12-17,21H,8,11,18-20,22-23H2,1-4H3,(H,35,36). The SMILES string of the molecule is CC1(Cc2ccc(C(C)(C)C)cc2)Cc2cc(C(=O)N(CCCc3ccccc3)CCC(=O)O)ccc2O1. The van der Waals surface area contributed by atoms with Crippen LogP contribution in [0.25, 0.3) is 0 Å². The van der Waals surface area contributed by atoms with Crippen molar-refractivity contribution in [3.05, 3.63) is 101 Å². The van der Waals surface area contributed by atoms with Gasteiger partial charge in [-0.1, -0.05) is 75.4 Å². The van der Waals surface area contributed by atoms with Crippen LogP contribution in [0.5, 0.6) is 5.75 Å². The summed E-state index contributed by atoms with van der Waals surface area (Å²) in [7, 11) is 0. The minimum absolute atomic E-state index is 0.0722. The molecule has 0 spiro atoms. The van der Waals surface area contributed by atoms with Crippen molar-refractivity contribution in [1.82, 2.24) is 4.90 Å². The smallest absolute Gasteiger partial charge is 0.305 e. The fraction of sp³-hybridized carbons (Fsp3) is 0.394. The van der Waals surface area contributed by atoms with E-state index in [0.717, 1.165) is 30.6 Å². The van der Waals surface area contributed by atoms with Gasteiger partial charge in [0.25, 0.3) is 5.91 Å². The zero-order chi connectivity index (χ0) is 27.3. The Kier molecular flexibility index (Phi) is 8.25. The third-order valence-corrected chi connectivity index (χ3v) is 7.25. The zero-order valence-corrected chi connectivity index (χ0v) is 23.0. The molecule has 1 aliphatic heterocycles. The van der Waals surface area contributed by atoms with E-state index in [1.54, 1.807) is 11.0 Å². The summed E-state index contributed by atoms with van der Waals surface area (Å²) in [6.07, 6.45) is 3.03. The first kappa shape index (κ1) is 27.4. The van der Waals surface area contributed by atoms with Gasteiger partial charge < -0.3 is 14.7 Å². The second-order valence-corrected chi connectivity index (χ2v) is 11.7. The number of amides is 1. The molecule has 0 aliphatic carbocycles. The molecule has 3 aromatic carbocycles. The number of carboxylic acids is 1. The van der Waals surface area contributed by atoms with Crippen molar-refractivity contribution in [2.45, 2.75) is 70.8 Å². The summed E-state index contributed by atoms with van der Waals surface area (Å²) in [4.78, 5) is 26.4. The van der Waals surface area contributed by atoms with Crippen molar-refractivity contribution < 1.29 is 19.4 Å². The molecule has 0 saturated heterocycles. The van der Waals surface area contributed by atoms with Gasteiger partial charge >= 0.3 is 5.97 Å². The topological polar surface area (TPSA) is 66.8 Å². The van der Waals surface area contributed by atoms with E-state index >= 15 is 0 Å². The minimum Gasteiger partial charge on any atom is -0.487 e. The van der Waals surface area contributed by atoms with Crippen molar-refractivity contribution in [3.63, 3.8) is 0 Å². The van der Waals surface area contributed by atoms with Crippen LogP contribution in [0.3, 0.4) is 0 Å². The fourth-order valence-corrected chi connectivity index (χ4v) is 5.15. The van der Waals surface area contributed by atoms with Crippen LogP contribution in [0.15, 0.2) is 72.8 Å². The van der Waals surface area contributed by atoms with E-state index in [0.29, 0.717) is 18.5 Å². The van der Waals surface area contributed by atoms with Gasteiger partial charge in [0.2, 0.25) is 0 Å². The van der Waals surface area contributed by atoms with Crippen LogP contribution in [-0.2, 0) is 29.5 Å². The maximum absolute atomic E-state index is 13.5. The Morgan fingerprint density at radius 1 is 0.947 bits per heavy atom. The molecule has 200 valence electrons. The Morgan fingerprint density at radius 2 is 1.66 bits per heavy atom. The Bertz CT molecular complexity index is 1260. The van der Waals surface area contributed by atoms with Crippen LogP contribution in [-0.4, -0.2) is 40.6 Å². The molecule has 0 saturated carbocycles. The normalized spacial score (nSPS) is 16.5. The van der Waals surface area contributed by atoms with Gasteiger partial charge in [0.15, 0.2) is 0 Å². The Balaban J connectivity index is 1.43. The maximum atomic E-state index is 13.5. The van der Waals surface area contributed by atoms with Gasteiger partial charge in [-0.25, -0.2) is 0 Å². The van der Waals surface area contributed by atoms with E-state index < -0.39 is 5.97 Å². The highest BCUT2D eigenvalue weighted by Gasteiger charge is 2.35. The quantitative estimate of drug-likeness (QED) is 0.337. The Labute approximate surface area is 226 Å². The molecule has 1 atom stereocenters. The molecule has 5 nitrogen and oxygen atoms in total. The van der Waals surface area contributed by atoms with Crippen LogP contribution in [0.1, 0.15) is 73.1 Å². The number of hydrogen-bond acceptors (Lipinski definition) is 3. The lowest BCUT2D eigenvalue weighted by molar-refractivity contribution is -0.137. The summed E-state index contributed by atoms with van der Waals surface area (Å²) in [5.41, 5.74) is 5.07. The molecule has 1 heterocycles. The number of fused-ring (bicyclic) bond motifs is 1. The highest BCUT2D eigenvalue weighted by atomic mass is 16.5. The number of carbonyl (C=O) groups excluding carboxylic acids is 1. The predicted molar refractivity (Wildman–Crippen MR) is 151 cm³/mol. The van der Waals surface area contributed by atoms with E-state index in [1.165, 1.54) is 16.7 Å². The summed E-state index contributed by atoms with van der Waals surface area (Å²) < 4.78 is 6.38. The third-order valence-electron chi connectivity index (χ3n) is 7.25. The molecule has 1 unspecified atom stereocenters. The van der Waals surface area contributed by atoms with Gasteiger partial charge in [-0.05, 0) is 65.6 Å². The van der Waals surface area contributed by atoms with Crippen LogP contribution in [0, 0.1) is 0 Å². The fourth-order valence-electron chi connectivity index (χ4n) is 5.15. The maximum Gasteiger partial charge on any atom is 0.305 e.